The Morgan fingerprint density at radius 1 is 0.833 bits per heavy atom. The third-order valence-electron chi connectivity index (χ3n) is 5.21. The van der Waals surface area contributed by atoms with Crippen LogP contribution in [0.5, 0.6) is 0 Å². The summed E-state index contributed by atoms with van der Waals surface area (Å²) in [6, 6.07) is 0. The van der Waals surface area contributed by atoms with Crippen molar-refractivity contribution < 1.29 is 4.79 Å². The summed E-state index contributed by atoms with van der Waals surface area (Å²) in [5.74, 6) is 1.34. The topological polar surface area (TPSA) is 17.1 Å². The molecule has 2 aliphatic rings. The minimum absolute atomic E-state index is 0.368. The van der Waals surface area contributed by atoms with Gasteiger partial charge in [0.1, 0.15) is 5.78 Å². The van der Waals surface area contributed by atoms with E-state index in [0.29, 0.717) is 28.4 Å². The van der Waals surface area contributed by atoms with Crippen LogP contribution in [0.2, 0.25) is 0 Å². The Morgan fingerprint density at radius 2 is 1.22 bits per heavy atom. The molecule has 2 saturated carbocycles. The minimum Gasteiger partial charge on any atom is -0.299 e. The van der Waals surface area contributed by atoms with Gasteiger partial charge in [-0.05, 0) is 49.4 Å². The highest BCUT2D eigenvalue weighted by Crippen LogP contribution is 2.44. The summed E-state index contributed by atoms with van der Waals surface area (Å²) < 4.78 is 0. The molecule has 2 atom stereocenters. The first-order valence-corrected chi connectivity index (χ1v) is 7.83. The summed E-state index contributed by atoms with van der Waals surface area (Å²) in [7, 11) is 0. The average Bonchev–Trinajstić information content (AvgIpc) is 2.25. The molecule has 1 nitrogen and oxygen atoms in total. The first kappa shape index (κ1) is 14.1. The Labute approximate surface area is 113 Å². The van der Waals surface area contributed by atoms with Gasteiger partial charge in [0.2, 0.25) is 0 Å². The van der Waals surface area contributed by atoms with Crippen LogP contribution in [-0.2, 0) is 4.79 Å². The van der Waals surface area contributed by atoms with Gasteiger partial charge in [0.05, 0.1) is 0 Å². The quantitative estimate of drug-likeness (QED) is 0.675. The highest BCUT2D eigenvalue weighted by Gasteiger charge is 2.38. The van der Waals surface area contributed by atoms with Crippen molar-refractivity contribution in [2.45, 2.75) is 79.1 Å². The van der Waals surface area contributed by atoms with E-state index in [1.807, 2.05) is 0 Å². The molecule has 18 heavy (non-hydrogen) atoms. The first-order chi connectivity index (χ1) is 8.29. The maximum atomic E-state index is 12.7. The molecule has 0 radical (unpaired) electrons. The number of hydrogen-bond donors (Lipinski definition) is 0. The van der Waals surface area contributed by atoms with E-state index in [1.165, 1.54) is 25.7 Å². The summed E-state index contributed by atoms with van der Waals surface area (Å²) in [4.78, 5) is 12.7. The van der Waals surface area contributed by atoms with Crippen LogP contribution in [0.3, 0.4) is 0 Å². The molecule has 2 rings (SSSR count). The van der Waals surface area contributed by atoms with Gasteiger partial charge < -0.3 is 0 Å². The molecule has 0 bridgehead atoms. The van der Waals surface area contributed by atoms with E-state index in [0.717, 1.165) is 25.7 Å². The predicted molar refractivity (Wildman–Crippen MR) is 76.5 cm³/mol. The average molecular weight is 250 g/mol. The van der Waals surface area contributed by atoms with Gasteiger partial charge in [0.15, 0.2) is 0 Å². The van der Waals surface area contributed by atoms with Gasteiger partial charge in [-0.2, -0.15) is 0 Å². The molecule has 0 aliphatic heterocycles. The number of Topliss-reactive ketones (excluding diaryl/α,β-unsaturated/α-hetero) is 1. The van der Waals surface area contributed by atoms with Crippen molar-refractivity contribution in [2.75, 3.05) is 0 Å². The Morgan fingerprint density at radius 3 is 1.56 bits per heavy atom. The number of rotatable bonds is 2. The standard InChI is InChI=1S/C17H30O/c1-16(2)9-5-7-13(11-16)15(18)14-8-6-10-17(3,4)12-14/h13-14H,5-12H2,1-4H3. The fraction of sp³-hybridized carbons (Fsp3) is 0.941. The molecule has 2 aliphatic carbocycles. The van der Waals surface area contributed by atoms with Crippen molar-refractivity contribution in [1.29, 1.82) is 0 Å². The van der Waals surface area contributed by atoms with Gasteiger partial charge in [-0.3, -0.25) is 4.79 Å². The summed E-state index contributed by atoms with van der Waals surface area (Å²) in [5, 5.41) is 0. The number of carbonyl (C=O) groups excluding carboxylic acids is 1. The summed E-state index contributed by atoms with van der Waals surface area (Å²) in [6.45, 7) is 9.32. The molecule has 2 unspecified atom stereocenters. The molecule has 0 amide bonds. The van der Waals surface area contributed by atoms with E-state index in [4.69, 9.17) is 0 Å². The fourth-order valence-electron chi connectivity index (χ4n) is 4.22. The van der Waals surface area contributed by atoms with E-state index in [1.54, 1.807) is 0 Å². The van der Waals surface area contributed by atoms with Crippen LogP contribution in [0, 0.1) is 22.7 Å². The second-order valence-electron chi connectivity index (χ2n) is 8.32. The first-order valence-electron chi connectivity index (χ1n) is 7.83. The Kier molecular flexibility index (Phi) is 3.90. The normalized spacial score (nSPS) is 35.1. The van der Waals surface area contributed by atoms with Crippen LogP contribution in [0.4, 0.5) is 0 Å². The van der Waals surface area contributed by atoms with E-state index in [-0.39, 0.29) is 0 Å². The van der Waals surface area contributed by atoms with Crippen LogP contribution < -0.4 is 0 Å². The lowest BCUT2D eigenvalue weighted by atomic mass is 9.65. The van der Waals surface area contributed by atoms with Gasteiger partial charge in [0, 0.05) is 11.8 Å². The lowest BCUT2D eigenvalue weighted by Crippen LogP contribution is -2.35. The molecule has 0 aromatic carbocycles. The highest BCUT2D eigenvalue weighted by atomic mass is 16.1. The monoisotopic (exact) mass is 250 g/mol. The summed E-state index contributed by atoms with van der Waals surface area (Å²) in [5.41, 5.74) is 0.783. The number of hydrogen-bond acceptors (Lipinski definition) is 1. The SMILES string of the molecule is CC1(C)CCCC(C(=O)C2CCCC(C)(C)C2)C1. The van der Waals surface area contributed by atoms with Crippen molar-refractivity contribution in [2.24, 2.45) is 22.7 Å². The minimum atomic E-state index is 0.368. The lowest BCUT2D eigenvalue weighted by molar-refractivity contribution is -0.131. The van der Waals surface area contributed by atoms with Crippen LogP contribution in [0.1, 0.15) is 79.1 Å². The Hall–Kier alpha value is -0.330. The zero-order valence-electron chi connectivity index (χ0n) is 12.7. The van der Waals surface area contributed by atoms with Crippen LogP contribution in [0.15, 0.2) is 0 Å². The van der Waals surface area contributed by atoms with Gasteiger partial charge in [-0.15, -0.1) is 0 Å². The summed E-state index contributed by atoms with van der Waals surface area (Å²) >= 11 is 0. The Balaban J connectivity index is 1.98. The van der Waals surface area contributed by atoms with Crippen molar-refractivity contribution in [3.63, 3.8) is 0 Å². The van der Waals surface area contributed by atoms with Crippen LogP contribution in [0.25, 0.3) is 0 Å². The predicted octanol–water partition coefficient (Wildman–Crippen LogP) is 4.99. The Bertz CT molecular complexity index is 284. The smallest absolute Gasteiger partial charge is 0.139 e. The van der Waals surface area contributed by atoms with Gasteiger partial charge in [-0.25, -0.2) is 0 Å². The lowest BCUT2D eigenvalue weighted by Gasteiger charge is -2.39. The zero-order valence-corrected chi connectivity index (χ0v) is 12.7. The fourth-order valence-corrected chi connectivity index (χ4v) is 4.22. The number of carbonyl (C=O) groups is 1. The van der Waals surface area contributed by atoms with Gasteiger partial charge in [0.25, 0.3) is 0 Å². The maximum Gasteiger partial charge on any atom is 0.139 e. The second kappa shape index (κ2) is 4.98. The van der Waals surface area contributed by atoms with Crippen LogP contribution in [-0.4, -0.2) is 5.78 Å². The molecular weight excluding hydrogens is 220 g/mol. The van der Waals surface area contributed by atoms with Gasteiger partial charge >= 0.3 is 0 Å². The largest absolute Gasteiger partial charge is 0.299 e. The zero-order chi connectivity index (χ0) is 13.4. The third-order valence-corrected chi connectivity index (χ3v) is 5.21. The molecule has 0 saturated heterocycles. The third kappa shape index (κ3) is 3.36. The van der Waals surface area contributed by atoms with E-state index in [2.05, 4.69) is 27.7 Å². The molecule has 1 heteroatoms. The number of ketones is 1. The maximum absolute atomic E-state index is 12.7. The molecule has 0 aromatic heterocycles. The summed E-state index contributed by atoms with van der Waals surface area (Å²) in [6.07, 6.45) is 9.66. The van der Waals surface area contributed by atoms with Gasteiger partial charge in [-0.1, -0.05) is 40.5 Å². The molecule has 104 valence electrons. The van der Waals surface area contributed by atoms with Crippen molar-refractivity contribution in [3.8, 4) is 0 Å². The van der Waals surface area contributed by atoms with Crippen molar-refractivity contribution in [3.05, 3.63) is 0 Å². The molecule has 0 aromatic rings. The van der Waals surface area contributed by atoms with E-state index < -0.39 is 0 Å². The highest BCUT2D eigenvalue weighted by molar-refractivity contribution is 5.83. The van der Waals surface area contributed by atoms with Crippen molar-refractivity contribution in [1.82, 2.24) is 0 Å². The molecule has 2 fully saturated rings. The van der Waals surface area contributed by atoms with Crippen molar-refractivity contribution >= 4 is 5.78 Å². The molecule has 0 heterocycles. The molecule has 0 spiro atoms. The molecular formula is C17H30O. The molecule has 0 N–H and O–H groups in total. The van der Waals surface area contributed by atoms with Crippen LogP contribution >= 0.6 is 0 Å². The second-order valence-corrected chi connectivity index (χ2v) is 8.32. The van der Waals surface area contributed by atoms with E-state index >= 15 is 0 Å². The van der Waals surface area contributed by atoms with E-state index in [9.17, 15) is 4.79 Å².